The van der Waals surface area contributed by atoms with Crippen LogP contribution in [-0.2, 0) is 11.3 Å². The maximum Gasteiger partial charge on any atom is 0.221 e. The lowest BCUT2D eigenvalue weighted by molar-refractivity contribution is -0.121. The summed E-state index contributed by atoms with van der Waals surface area (Å²) in [4.78, 5) is 18.3. The molecule has 7 heteroatoms. The fourth-order valence-corrected chi connectivity index (χ4v) is 2.86. The molecule has 0 bridgehead atoms. The van der Waals surface area contributed by atoms with Crippen LogP contribution in [0.5, 0.6) is 5.75 Å². The molecule has 2 heterocycles. The average molecular weight is 343 g/mol. The lowest BCUT2D eigenvalue weighted by atomic mass is 10.0. The van der Waals surface area contributed by atoms with E-state index in [1.54, 1.807) is 12.1 Å². The zero-order valence-electron chi connectivity index (χ0n) is 13.6. The first-order valence-electron chi connectivity index (χ1n) is 7.96. The van der Waals surface area contributed by atoms with Crippen LogP contribution < -0.4 is 11.1 Å². The first-order valence-corrected chi connectivity index (χ1v) is 7.96. The summed E-state index contributed by atoms with van der Waals surface area (Å²) in [5, 5.41) is 12.9. The third-order valence-electron chi connectivity index (χ3n) is 4.10. The van der Waals surface area contributed by atoms with Gasteiger partial charge in [-0.25, -0.2) is 0 Å². The number of hydrogen-bond donors (Lipinski definition) is 3. The van der Waals surface area contributed by atoms with E-state index >= 15 is 0 Å². The van der Waals surface area contributed by atoms with Crippen molar-refractivity contribution in [3.63, 3.8) is 0 Å². The number of nitrogens with two attached hydrogens (primary N) is 1. The van der Waals surface area contributed by atoms with E-state index < -0.39 is 0 Å². The minimum absolute atomic E-state index is 0. The van der Waals surface area contributed by atoms with E-state index in [0.717, 1.165) is 25.1 Å². The van der Waals surface area contributed by atoms with Crippen LogP contribution in [-0.4, -0.2) is 46.6 Å². The maximum atomic E-state index is 11.6. The topological polar surface area (TPSA) is 91.5 Å². The van der Waals surface area contributed by atoms with Crippen LogP contribution >= 0.6 is 12.4 Å². The van der Waals surface area contributed by atoms with Crippen molar-refractivity contribution >= 4 is 18.3 Å². The lowest BCUT2D eigenvalue weighted by Crippen LogP contribution is -2.46. The molecule has 1 aromatic heterocycles. The number of rotatable bonds is 6. The molecule has 2 rings (SSSR count). The monoisotopic (exact) mass is 342 g/mol. The Bertz CT molecular complexity index is 513. The number of hydrogen-bond acceptors (Lipinski definition) is 5. The Morgan fingerprint density at radius 1 is 1.48 bits per heavy atom. The van der Waals surface area contributed by atoms with Crippen LogP contribution in [0.2, 0.25) is 0 Å². The average Bonchev–Trinajstić information content (AvgIpc) is 2.50. The van der Waals surface area contributed by atoms with Crippen LogP contribution in [0.1, 0.15) is 37.1 Å². The van der Waals surface area contributed by atoms with Crippen molar-refractivity contribution in [3.8, 4) is 5.75 Å². The maximum absolute atomic E-state index is 11.6. The molecule has 4 N–H and O–H groups in total. The number of nitrogens with one attached hydrogen (secondary N) is 1. The van der Waals surface area contributed by atoms with Gasteiger partial charge in [0.05, 0.1) is 5.69 Å². The molecule has 0 spiro atoms. The van der Waals surface area contributed by atoms with Crippen molar-refractivity contribution in [3.05, 3.63) is 23.5 Å². The number of aryl methyl sites for hydroxylation is 1. The lowest BCUT2D eigenvalue weighted by Gasteiger charge is -2.35. The molecule has 1 aliphatic heterocycles. The molecular formula is C16H27ClN4O2. The molecule has 1 aromatic rings. The smallest absolute Gasteiger partial charge is 0.221 e. The van der Waals surface area contributed by atoms with Crippen molar-refractivity contribution in [2.24, 2.45) is 5.73 Å². The summed E-state index contributed by atoms with van der Waals surface area (Å²) in [6.45, 7) is 4.51. The van der Waals surface area contributed by atoms with E-state index in [4.69, 9.17) is 5.73 Å². The van der Waals surface area contributed by atoms with Gasteiger partial charge in [-0.2, -0.15) is 0 Å². The number of carbonyl (C=O) groups excluding carboxylic acids is 1. The fraction of sp³-hybridized carbons (Fsp3) is 0.625. The Balaban J connectivity index is 0.00000264. The minimum Gasteiger partial charge on any atom is -0.506 e. The number of likely N-dealkylation sites (tertiary alicyclic amines) is 1. The third-order valence-corrected chi connectivity index (χ3v) is 4.10. The molecule has 23 heavy (non-hydrogen) atoms. The van der Waals surface area contributed by atoms with Gasteiger partial charge in [0.15, 0.2) is 0 Å². The number of carbonyl (C=O) groups is 1. The molecule has 0 saturated carbocycles. The molecule has 0 aliphatic carbocycles. The van der Waals surface area contributed by atoms with Crippen molar-refractivity contribution in [1.82, 2.24) is 15.2 Å². The zero-order chi connectivity index (χ0) is 15.9. The standard InChI is InChI=1S/C16H26N4O2.ClH/c1-12-5-6-15(21)14(19-12)11-20-9-3-2-4-13(20)10-18-16(22)7-8-17;/h5-6,13,21H,2-4,7-11,17H2,1H3,(H,18,22);1H. The molecule has 1 unspecified atom stereocenters. The largest absolute Gasteiger partial charge is 0.506 e. The number of aromatic hydroxyl groups is 1. The van der Waals surface area contributed by atoms with Crippen molar-refractivity contribution in [2.45, 2.75) is 45.2 Å². The van der Waals surface area contributed by atoms with Crippen LogP contribution in [0.3, 0.4) is 0 Å². The number of pyridine rings is 1. The number of nitrogens with zero attached hydrogens (tertiary/aromatic N) is 2. The Labute approximate surface area is 143 Å². The van der Waals surface area contributed by atoms with Crippen molar-refractivity contribution < 1.29 is 9.90 Å². The number of aromatic nitrogens is 1. The highest BCUT2D eigenvalue weighted by molar-refractivity contribution is 5.85. The van der Waals surface area contributed by atoms with E-state index in [1.165, 1.54) is 6.42 Å². The summed E-state index contributed by atoms with van der Waals surface area (Å²) in [7, 11) is 0. The van der Waals surface area contributed by atoms with E-state index in [0.29, 0.717) is 31.7 Å². The fourth-order valence-electron chi connectivity index (χ4n) is 2.86. The quantitative estimate of drug-likeness (QED) is 0.725. The Kier molecular flexibility index (Phi) is 8.30. The number of piperidine rings is 1. The highest BCUT2D eigenvalue weighted by atomic mass is 35.5. The molecule has 1 fully saturated rings. The normalized spacial score (nSPS) is 18.3. The number of amides is 1. The molecule has 6 nitrogen and oxygen atoms in total. The van der Waals surface area contributed by atoms with Gasteiger partial charge in [-0.3, -0.25) is 14.7 Å². The van der Waals surface area contributed by atoms with Gasteiger partial charge in [0.1, 0.15) is 5.75 Å². The van der Waals surface area contributed by atoms with Gasteiger partial charge in [0, 0.05) is 37.8 Å². The van der Waals surface area contributed by atoms with Crippen molar-refractivity contribution in [2.75, 3.05) is 19.6 Å². The summed E-state index contributed by atoms with van der Waals surface area (Å²) in [5.41, 5.74) is 7.00. The molecule has 1 atom stereocenters. The van der Waals surface area contributed by atoms with E-state index in [2.05, 4.69) is 15.2 Å². The highest BCUT2D eigenvalue weighted by Gasteiger charge is 2.24. The van der Waals surface area contributed by atoms with E-state index in [9.17, 15) is 9.90 Å². The van der Waals surface area contributed by atoms with Gasteiger partial charge in [0.25, 0.3) is 0 Å². The van der Waals surface area contributed by atoms with Gasteiger partial charge < -0.3 is 16.2 Å². The molecular weight excluding hydrogens is 316 g/mol. The molecule has 1 aliphatic rings. The summed E-state index contributed by atoms with van der Waals surface area (Å²) < 4.78 is 0. The number of halogens is 1. The predicted octanol–water partition coefficient (Wildman–Crippen LogP) is 1.34. The second-order valence-electron chi connectivity index (χ2n) is 5.88. The van der Waals surface area contributed by atoms with Crippen LogP contribution in [0, 0.1) is 6.92 Å². The summed E-state index contributed by atoms with van der Waals surface area (Å²) in [5.74, 6) is 0.242. The van der Waals surface area contributed by atoms with Gasteiger partial charge in [-0.05, 0) is 38.4 Å². The van der Waals surface area contributed by atoms with E-state index in [-0.39, 0.29) is 30.1 Å². The second kappa shape index (κ2) is 9.70. The SMILES string of the molecule is Cc1ccc(O)c(CN2CCCCC2CNC(=O)CCN)n1.Cl. The summed E-state index contributed by atoms with van der Waals surface area (Å²) in [6.07, 6.45) is 3.73. The molecule has 1 amide bonds. The van der Waals surface area contributed by atoms with Gasteiger partial charge in [-0.1, -0.05) is 6.42 Å². The highest BCUT2D eigenvalue weighted by Crippen LogP contribution is 2.22. The Morgan fingerprint density at radius 3 is 3.00 bits per heavy atom. The molecule has 1 saturated heterocycles. The van der Waals surface area contributed by atoms with Crippen LogP contribution in [0.25, 0.3) is 0 Å². The predicted molar refractivity (Wildman–Crippen MR) is 92.6 cm³/mol. The van der Waals surface area contributed by atoms with Crippen LogP contribution in [0.15, 0.2) is 12.1 Å². The molecule has 0 radical (unpaired) electrons. The Hall–Kier alpha value is -1.37. The Morgan fingerprint density at radius 2 is 2.26 bits per heavy atom. The molecule has 130 valence electrons. The second-order valence-corrected chi connectivity index (χ2v) is 5.88. The first kappa shape index (κ1) is 19.7. The van der Waals surface area contributed by atoms with Crippen molar-refractivity contribution in [1.29, 1.82) is 0 Å². The first-order chi connectivity index (χ1) is 10.6. The summed E-state index contributed by atoms with van der Waals surface area (Å²) >= 11 is 0. The third kappa shape index (κ3) is 5.97. The zero-order valence-corrected chi connectivity index (χ0v) is 14.4. The van der Waals surface area contributed by atoms with Crippen LogP contribution in [0.4, 0.5) is 0 Å². The minimum atomic E-state index is 0. The van der Waals surface area contributed by atoms with Gasteiger partial charge in [0.2, 0.25) is 5.91 Å². The summed E-state index contributed by atoms with van der Waals surface area (Å²) in [6, 6.07) is 3.79. The molecule has 0 aromatic carbocycles. The van der Waals surface area contributed by atoms with Gasteiger partial charge >= 0.3 is 0 Å². The van der Waals surface area contributed by atoms with E-state index in [1.807, 2.05) is 6.92 Å². The van der Waals surface area contributed by atoms with Gasteiger partial charge in [-0.15, -0.1) is 12.4 Å².